The Morgan fingerprint density at radius 3 is 2.60 bits per heavy atom. The van der Waals surface area contributed by atoms with Crippen LogP contribution in [0.25, 0.3) is 22.4 Å². The van der Waals surface area contributed by atoms with E-state index < -0.39 is 27.0 Å². The lowest BCUT2D eigenvalue weighted by molar-refractivity contribution is -0.141. The molecule has 1 fully saturated rings. The Morgan fingerprint density at radius 1 is 1.33 bits per heavy atom. The number of nitrogens with one attached hydrogen (secondary N) is 1. The molecule has 0 radical (unpaired) electrons. The lowest BCUT2D eigenvalue weighted by Crippen LogP contribution is -2.10. The number of benzene rings is 1. The Hall–Kier alpha value is -2.86. The van der Waals surface area contributed by atoms with Gasteiger partial charge in [-0.2, -0.15) is 13.2 Å². The van der Waals surface area contributed by atoms with Crippen molar-refractivity contribution in [3.63, 3.8) is 0 Å². The molecule has 0 aliphatic heterocycles. The lowest BCUT2D eigenvalue weighted by atomic mass is 9.96. The fraction of sp³-hybridized carbons (Fsp3) is 0.333. The molecule has 0 amide bonds. The molecule has 1 N–H and O–H groups in total. The SMILES string of the molecule is C#CC1(c2ccc(-c3nc4cc(C(F)(F)F)ncc4n3C)c(S(=N)(=O)CC)c2)CC1. The molecule has 2 heterocycles. The first-order valence-corrected chi connectivity index (χ1v) is 11.0. The van der Waals surface area contributed by atoms with Crippen molar-refractivity contribution < 1.29 is 17.4 Å². The molecule has 30 heavy (non-hydrogen) atoms. The lowest BCUT2D eigenvalue weighted by Gasteiger charge is -2.16. The summed E-state index contributed by atoms with van der Waals surface area (Å²) >= 11 is 0. The summed E-state index contributed by atoms with van der Waals surface area (Å²) in [5.41, 5.74) is 0.382. The molecule has 2 aromatic heterocycles. The second kappa shape index (κ2) is 6.57. The zero-order valence-electron chi connectivity index (χ0n) is 16.4. The molecule has 0 spiro atoms. The van der Waals surface area contributed by atoms with Crippen molar-refractivity contribution in [2.75, 3.05) is 5.75 Å². The number of aryl methyl sites for hydroxylation is 1. The van der Waals surface area contributed by atoms with E-state index in [1.807, 2.05) is 6.07 Å². The van der Waals surface area contributed by atoms with Gasteiger partial charge in [0.05, 0.1) is 37.3 Å². The number of halogens is 3. The van der Waals surface area contributed by atoms with Crippen molar-refractivity contribution in [3.05, 3.63) is 41.7 Å². The van der Waals surface area contributed by atoms with Gasteiger partial charge in [-0.05, 0) is 36.6 Å². The van der Waals surface area contributed by atoms with Crippen LogP contribution in [0.5, 0.6) is 0 Å². The number of imidazole rings is 1. The summed E-state index contributed by atoms with van der Waals surface area (Å²) in [7, 11) is -1.49. The van der Waals surface area contributed by atoms with Gasteiger partial charge in [0.25, 0.3) is 0 Å². The van der Waals surface area contributed by atoms with Gasteiger partial charge < -0.3 is 4.57 Å². The quantitative estimate of drug-likeness (QED) is 0.605. The van der Waals surface area contributed by atoms with Crippen LogP contribution in [-0.2, 0) is 28.4 Å². The van der Waals surface area contributed by atoms with Gasteiger partial charge in [-0.3, -0.25) is 0 Å². The highest BCUT2D eigenvalue weighted by molar-refractivity contribution is 7.92. The van der Waals surface area contributed by atoms with Gasteiger partial charge in [0.15, 0.2) is 0 Å². The highest BCUT2D eigenvalue weighted by Gasteiger charge is 2.43. The number of hydrogen-bond donors (Lipinski definition) is 1. The number of alkyl halides is 3. The number of rotatable bonds is 4. The molecule has 1 unspecified atom stereocenters. The molecule has 3 aromatic rings. The number of pyridine rings is 1. The number of fused-ring (bicyclic) bond motifs is 1. The second-order valence-corrected chi connectivity index (χ2v) is 9.82. The summed E-state index contributed by atoms with van der Waals surface area (Å²) in [6.45, 7) is 1.66. The zero-order valence-corrected chi connectivity index (χ0v) is 17.2. The van der Waals surface area contributed by atoms with E-state index in [1.165, 1.54) is 0 Å². The Bertz CT molecular complexity index is 1310. The number of aromatic nitrogens is 3. The molecular formula is C21H19F3N4OS. The maximum Gasteiger partial charge on any atom is 0.433 e. The van der Waals surface area contributed by atoms with Crippen LogP contribution in [0.15, 0.2) is 35.4 Å². The zero-order chi connectivity index (χ0) is 21.9. The summed E-state index contributed by atoms with van der Waals surface area (Å²) in [5.74, 6) is 3.21. The van der Waals surface area contributed by atoms with E-state index in [4.69, 9.17) is 11.2 Å². The first kappa shape index (κ1) is 20.4. The van der Waals surface area contributed by atoms with Crippen LogP contribution in [-0.4, -0.2) is 24.5 Å². The van der Waals surface area contributed by atoms with Crippen molar-refractivity contribution in [3.8, 4) is 23.7 Å². The first-order chi connectivity index (χ1) is 14.0. The molecule has 5 nitrogen and oxygen atoms in total. The third-order valence-electron chi connectivity index (χ3n) is 5.62. The van der Waals surface area contributed by atoms with Crippen LogP contribution in [0.1, 0.15) is 31.0 Å². The molecule has 0 bridgehead atoms. The normalized spacial score (nSPS) is 17.5. The van der Waals surface area contributed by atoms with Crippen molar-refractivity contribution in [2.24, 2.45) is 7.05 Å². The van der Waals surface area contributed by atoms with E-state index in [9.17, 15) is 17.4 Å². The maximum absolute atomic E-state index is 13.1. The van der Waals surface area contributed by atoms with Gasteiger partial charge >= 0.3 is 6.18 Å². The molecule has 9 heteroatoms. The van der Waals surface area contributed by atoms with Crippen molar-refractivity contribution in [1.29, 1.82) is 4.78 Å². The van der Waals surface area contributed by atoms with Crippen LogP contribution < -0.4 is 0 Å². The number of hydrogen-bond acceptors (Lipinski definition) is 4. The van der Waals surface area contributed by atoms with Crippen LogP contribution in [0.3, 0.4) is 0 Å². The molecule has 1 aliphatic rings. The molecule has 1 atom stereocenters. The van der Waals surface area contributed by atoms with Gasteiger partial charge in [-0.25, -0.2) is 19.0 Å². The molecule has 0 saturated heterocycles. The molecule has 4 rings (SSSR count). The average molecular weight is 432 g/mol. The molecule has 1 aliphatic carbocycles. The van der Waals surface area contributed by atoms with E-state index in [1.54, 1.807) is 30.7 Å². The molecular weight excluding hydrogens is 413 g/mol. The van der Waals surface area contributed by atoms with Gasteiger partial charge in [-0.15, -0.1) is 6.42 Å². The third-order valence-corrected chi connectivity index (χ3v) is 7.48. The van der Waals surface area contributed by atoms with E-state index in [2.05, 4.69) is 15.9 Å². The van der Waals surface area contributed by atoms with Crippen molar-refractivity contribution >= 4 is 20.8 Å². The fourth-order valence-electron chi connectivity index (χ4n) is 3.56. The fourth-order valence-corrected chi connectivity index (χ4v) is 4.70. The number of nitrogens with zero attached hydrogens (tertiary/aromatic N) is 3. The Kier molecular flexibility index (Phi) is 4.47. The Balaban J connectivity index is 1.95. The van der Waals surface area contributed by atoms with Crippen LogP contribution in [0.4, 0.5) is 13.2 Å². The average Bonchev–Trinajstić information content (AvgIpc) is 3.45. The second-order valence-electron chi connectivity index (χ2n) is 7.45. The number of terminal acetylenes is 1. The standard InChI is InChI=1S/C21H19F3N4OS/c1-4-20(8-9-20)13-6-7-14(17(10-13)30(25,29)5-2)19-27-15-11-18(21(22,23)24)26-12-16(15)28(19)3/h1,6-7,10-12,25H,5,8-9H2,2-3H3. The molecule has 1 aromatic carbocycles. The minimum Gasteiger partial charge on any atom is -0.326 e. The van der Waals surface area contributed by atoms with Gasteiger partial charge in [-0.1, -0.05) is 18.9 Å². The largest absolute Gasteiger partial charge is 0.433 e. The Morgan fingerprint density at radius 2 is 2.03 bits per heavy atom. The van der Waals surface area contributed by atoms with Crippen LogP contribution >= 0.6 is 0 Å². The third kappa shape index (κ3) is 3.16. The summed E-state index contributed by atoms with van der Waals surface area (Å²) in [5, 5.41) is 0. The van der Waals surface area contributed by atoms with E-state index >= 15 is 0 Å². The summed E-state index contributed by atoms with van der Waals surface area (Å²) in [6, 6.07) is 6.14. The van der Waals surface area contributed by atoms with Gasteiger partial charge in [0, 0.05) is 18.4 Å². The maximum atomic E-state index is 13.1. The van der Waals surface area contributed by atoms with Crippen molar-refractivity contribution in [1.82, 2.24) is 14.5 Å². The van der Waals surface area contributed by atoms with E-state index in [0.717, 1.165) is 30.7 Å². The van der Waals surface area contributed by atoms with Crippen LogP contribution in [0.2, 0.25) is 0 Å². The van der Waals surface area contributed by atoms with Crippen molar-refractivity contribution in [2.45, 2.75) is 36.3 Å². The highest BCUT2D eigenvalue weighted by atomic mass is 32.2. The monoisotopic (exact) mass is 432 g/mol. The van der Waals surface area contributed by atoms with E-state index in [-0.39, 0.29) is 11.3 Å². The highest BCUT2D eigenvalue weighted by Crippen LogP contribution is 2.48. The van der Waals surface area contributed by atoms with Gasteiger partial charge in [0.2, 0.25) is 0 Å². The smallest absolute Gasteiger partial charge is 0.326 e. The van der Waals surface area contributed by atoms with Crippen LogP contribution in [0, 0.1) is 17.1 Å². The molecule has 156 valence electrons. The topological polar surface area (TPSA) is 71.6 Å². The minimum atomic E-state index is -4.58. The minimum absolute atomic E-state index is 0.0935. The first-order valence-electron chi connectivity index (χ1n) is 9.31. The Labute approximate surface area is 172 Å². The predicted octanol–water partition coefficient (Wildman–Crippen LogP) is 4.74. The summed E-state index contributed by atoms with van der Waals surface area (Å²) in [6.07, 6.45) is 3.88. The van der Waals surface area contributed by atoms with Gasteiger partial charge in [0.1, 0.15) is 11.5 Å². The predicted molar refractivity (Wildman–Crippen MR) is 108 cm³/mol. The summed E-state index contributed by atoms with van der Waals surface area (Å²) < 4.78 is 62.1. The van der Waals surface area contributed by atoms with E-state index in [0.29, 0.717) is 21.8 Å². The molecule has 1 saturated carbocycles. The summed E-state index contributed by atoms with van der Waals surface area (Å²) in [4.78, 5) is 8.16.